The molecular formula is C7H13ClN2O. The van der Waals surface area contributed by atoms with Gasteiger partial charge in [-0.2, -0.15) is 0 Å². The molecule has 0 spiro atoms. The monoisotopic (exact) mass is 176 g/mol. The summed E-state index contributed by atoms with van der Waals surface area (Å²) in [6, 6.07) is 0.606. The lowest BCUT2D eigenvalue weighted by Gasteiger charge is -2.26. The number of carbonyl (C=O) groups is 1. The zero-order valence-corrected chi connectivity index (χ0v) is 7.19. The van der Waals surface area contributed by atoms with Gasteiger partial charge >= 0.3 is 0 Å². The zero-order chi connectivity index (χ0) is 6.97. The second kappa shape index (κ2) is 3.41. The van der Waals surface area contributed by atoms with Crippen LogP contribution in [0.2, 0.25) is 0 Å². The van der Waals surface area contributed by atoms with E-state index in [1.807, 2.05) is 4.90 Å². The molecule has 0 bridgehead atoms. The zero-order valence-electron chi connectivity index (χ0n) is 6.38. The molecule has 64 valence electrons. The Balaban J connectivity index is 0.000000605. The maximum Gasteiger partial charge on any atom is 0.236 e. The summed E-state index contributed by atoms with van der Waals surface area (Å²) in [4.78, 5) is 13.1. The average Bonchev–Trinajstić information content (AvgIpc) is 2.71. The van der Waals surface area contributed by atoms with Gasteiger partial charge in [-0.15, -0.1) is 12.4 Å². The molecule has 0 aromatic carbocycles. The van der Waals surface area contributed by atoms with Crippen LogP contribution in [0.25, 0.3) is 0 Å². The first-order valence-corrected chi connectivity index (χ1v) is 3.88. The summed E-state index contributed by atoms with van der Waals surface area (Å²) < 4.78 is 0. The first-order valence-electron chi connectivity index (χ1n) is 3.88. The second-order valence-electron chi connectivity index (χ2n) is 3.00. The summed E-state index contributed by atoms with van der Waals surface area (Å²) in [7, 11) is 0. The van der Waals surface area contributed by atoms with Gasteiger partial charge in [0.05, 0.1) is 6.54 Å². The topological polar surface area (TPSA) is 32.3 Å². The van der Waals surface area contributed by atoms with Crippen LogP contribution in [0.15, 0.2) is 0 Å². The number of nitrogens with zero attached hydrogens (tertiary/aromatic N) is 1. The highest BCUT2D eigenvalue weighted by Crippen LogP contribution is 2.26. The summed E-state index contributed by atoms with van der Waals surface area (Å²) in [6.45, 7) is 2.45. The van der Waals surface area contributed by atoms with Crippen molar-refractivity contribution in [2.24, 2.45) is 0 Å². The number of halogens is 1. The van der Waals surface area contributed by atoms with Gasteiger partial charge in [-0.1, -0.05) is 0 Å². The van der Waals surface area contributed by atoms with Crippen LogP contribution in [0.5, 0.6) is 0 Å². The Hall–Kier alpha value is -0.280. The Morgan fingerprint density at radius 1 is 1.45 bits per heavy atom. The molecule has 11 heavy (non-hydrogen) atoms. The summed E-state index contributed by atoms with van der Waals surface area (Å²) in [6.07, 6.45) is 2.46. The van der Waals surface area contributed by atoms with Gasteiger partial charge in [0.1, 0.15) is 0 Å². The number of rotatable bonds is 1. The molecule has 4 heteroatoms. The molecule has 1 N–H and O–H groups in total. The van der Waals surface area contributed by atoms with E-state index in [0.29, 0.717) is 12.6 Å². The molecule has 0 radical (unpaired) electrons. The molecule has 1 saturated carbocycles. The SMILES string of the molecule is Cl.O=C1CNCCN1C1CC1. The van der Waals surface area contributed by atoms with Crippen molar-refractivity contribution in [1.29, 1.82) is 0 Å². The molecule has 3 nitrogen and oxygen atoms in total. The van der Waals surface area contributed by atoms with Gasteiger partial charge in [-0.25, -0.2) is 0 Å². The Kier molecular flexibility index (Phi) is 2.73. The van der Waals surface area contributed by atoms with E-state index < -0.39 is 0 Å². The number of hydrogen-bond acceptors (Lipinski definition) is 2. The van der Waals surface area contributed by atoms with Crippen LogP contribution in [-0.2, 0) is 4.79 Å². The van der Waals surface area contributed by atoms with Gasteiger partial charge < -0.3 is 10.2 Å². The Morgan fingerprint density at radius 3 is 2.73 bits per heavy atom. The largest absolute Gasteiger partial charge is 0.337 e. The molecule has 1 amide bonds. The van der Waals surface area contributed by atoms with E-state index in [2.05, 4.69) is 5.32 Å². The first-order chi connectivity index (χ1) is 4.88. The van der Waals surface area contributed by atoms with Crippen LogP contribution in [0, 0.1) is 0 Å². The molecule has 1 aliphatic carbocycles. The highest BCUT2D eigenvalue weighted by Gasteiger charge is 2.33. The summed E-state index contributed by atoms with van der Waals surface area (Å²) in [5.74, 6) is 0.286. The summed E-state index contributed by atoms with van der Waals surface area (Å²) >= 11 is 0. The summed E-state index contributed by atoms with van der Waals surface area (Å²) in [5.41, 5.74) is 0. The quantitative estimate of drug-likeness (QED) is 0.610. The van der Waals surface area contributed by atoms with E-state index in [-0.39, 0.29) is 18.3 Å². The average molecular weight is 177 g/mol. The van der Waals surface area contributed by atoms with Crippen molar-refractivity contribution in [3.8, 4) is 0 Å². The predicted molar refractivity (Wildman–Crippen MR) is 44.9 cm³/mol. The molecule has 1 aliphatic heterocycles. The van der Waals surface area contributed by atoms with E-state index in [4.69, 9.17) is 0 Å². The lowest BCUT2D eigenvalue weighted by atomic mass is 10.3. The van der Waals surface area contributed by atoms with Crippen LogP contribution in [0.1, 0.15) is 12.8 Å². The maximum absolute atomic E-state index is 11.1. The lowest BCUT2D eigenvalue weighted by molar-refractivity contribution is -0.132. The van der Waals surface area contributed by atoms with Crippen LogP contribution in [0.3, 0.4) is 0 Å². The first kappa shape index (κ1) is 8.81. The molecule has 0 unspecified atom stereocenters. The third-order valence-corrected chi connectivity index (χ3v) is 2.11. The van der Waals surface area contributed by atoms with E-state index in [0.717, 1.165) is 13.1 Å². The smallest absolute Gasteiger partial charge is 0.236 e. The van der Waals surface area contributed by atoms with Gasteiger partial charge in [0.25, 0.3) is 0 Å². The van der Waals surface area contributed by atoms with E-state index >= 15 is 0 Å². The van der Waals surface area contributed by atoms with Crippen LogP contribution in [0.4, 0.5) is 0 Å². The lowest BCUT2D eigenvalue weighted by Crippen LogP contribution is -2.48. The Bertz CT molecular complexity index is 159. The van der Waals surface area contributed by atoms with Crippen LogP contribution >= 0.6 is 12.4 Å². The fourth-order valence-corrected chi connectivity index (χ4v) is 1.39. The third kappa shape index (κ3) is 1.84. The Morgan fingerprint density at radius 2 is 2.18 bits per heavy atom. The van der Waals surface area contributed by atoms with Crippen LogP contribution < -0.4 is 5.32 Å². The minimum Gasteiger partial charge on any atom is -0.337 e. The minimum absolute atomic E-state index is 0. The van der Waals surface area contributed by atoms with E-state index in [1.165, 1.54) is 12.8 Å². The standard InChI is InChI=1S/C7H12N2O.ClH/c10-7-5-8-3-4-9(7)6-1-2-6;/h6,8H,1-5H2;1H. The highest BCUT2D eigenvalue weighted by molar-refractivity contribution is 5.85. The molecule has 2 aliphatic rings. The van der Waals surface area contributed by atoms with Gasteiger partial charge in [-0.3, -0.25) is 4.79 Å². The van der Waals surface area contributed by atoms with Crippen molar-refractivity contribution < 1.29 is 4.79 Å². The molecule has 2 rings (SSSR count). The van der Waals surface area contributed by atoms with Crippen molar-refractivity contribution in [2.45, 2.75) is 18.9 Å². The number of amides is 1. The molecule has 2 fully saturated rings. The fourth-order valence-electron chi connectivity index (χ4n) is 1.39. The van der Waals surface area contributed by atoms with Crippen molar-refractivity contribution in [2.75, 3.05) is 19.6 Å². The number of carbonyl (C=O) groups excluding carboxylic acids is 1. The molecule has 0 aromatic heterocycles. The second-order valence-corrected chi connectivity index (χ2v) is 3.00. The molecule has 1 saturated heterocycles. The normalized spacial score (nSPS) is 24.7. The van der Waals surface area contributed by atoms with E-state index in [9.17, 15) is 4.79 Å². The maximum atomic E-state index is 11.1. The van der Waals surface area contributed by atoms with Crippen molar-refractivity contribution in [3.05, 3.63) is 0 Å². The molecular weight excluding hydrogens is 164 g/mol. The fraction of sp³-hybridized carbons (Fsp3) is 0.857. The highest BCUT2D eigenvalue weighted by atomic mass is 35.5. The number of piperazine rings is 1. The van der Waals surface area contributed by atoms with Crippen LogP contribution in [-0.4, -0.2) is 36.5 Å². The van der Waals surface area contributed by atoms with E-state index in [1.54, 1.807) is 0 Å². The predicted octanol–water partition coefficient (Wildman–Crippen LogP) is 0.00240. The van der Waals surface area contributed by atoms with Gasteiger partial charge in [0, 0.05) is 19.1 Å². The molecule has 0 atom stereocenters. The van der Waals surface area contributed by atoms with Gasteiger partial charge in [-0.05, 0) is 12.8 Å². The minimum atomic E-state index is 0. The van der Waals surface area contributed by atoms with Gasteiger partial charge in [0.2, 0.25) is 5.91 Å². The molecule has 1 heterocycles. The number of hydrogen-bond donors (Lipinski definition) is 1. The van der Waals surface area contributed by atoms with Crippen molar-refractivity contribution >= 4 is 18.3 Å². The number of nitrogens with one attached hydrogen (secondary N) is 1. The van der Waals surface area contributed by atoms with Crippen molar-refractivity contribution in [1.82, 2.24) is 10.2 Å². The Labute approximate surface area is 72.5 Å². The third-order valence-electron chi connectivity index (χ3n) is 2.11. The molecule has 0 aromatic rings. The summed E-state index contributed by atoms with van der Waals surface area (Å²) in [5, 5.41) is 3.06. The van der Waals surface area contributed by atoms with Gasteiger partial charge in [0.15, 0.2) is 0 Å². The van der Waals surface area contributed by atoms with Crippen molar-refractivity contribution in [3.63, 3.8) is 0 Å².